The maximum Gasteiger partial charge on any atom is 0.449 e. The van der Waals surface area contributed by atoms with Gasteiger partial charge in [0.2, 0.25) is 0 Å². The predicted molar refractivity (Wildman–Crippen MR) is 45.4 cm³/mol. The van der Waals surface area contributed by atoms with Gasteiger partial charge in [-0.05, 0) is 6.42 Å². The molecule has 0 fully saturated rings. The molecule has 6 heteroatoms. The molecule has 1 nitrogen and oxygen atoms in total. The van der Waals surface area contributed by atoms with Gasteiger partial charge in [-0.15, -0.1) is 0 Å². The van der Waals surface area contributed by atoms with Crippen LogP contribution in [0.15, 0.2) is 11.8 Å². The number of rotatable bonds is 6. The average Bonchev–Trinajstić information content (AvgIpc) is 2.14. The summed E-state index contributed by atoms with van der Waals surface area (Å²) in [5, 5.41) is 0. The molecule has 0 bridgehead atoms. The summed E-state index contributed by atoms with van der Waals surface area (Å²) < 4.78 is 63.2. The lowest BCUT2D eigenvalue weighted by Gasteiger charge is -2.06. The zero-order chi connectivity index (χ0) is 11.9. The zero-order valence-electron chi connectivity index (χ0n) is 8.33. The quantitative estimate of drug-likeness (QED) is 0.378. The molecule has 0 saturated heterocycles. The first-order valence-corrected chi connectivity index (χ1v) is 4.64. The van der Waals surface area contributed by atoms with Crippen LogP contribution in [0.5, 0.6) is 0 Å². The van der Waals surface area contributed by atoms with Crippen molar-refractivity contribution in [2.75, 3.05) is 6.61 Å². The number of unbranched alkanes of at least 4 members (excludes halogenated alkanes) is 3. The van der Waals surface area contributed by atoms with Gasteiger partial charge in [0.05, 0.1) is 6.61 Å². The highest BCUT2D eigenvalue weighted by Gasteiger charge is 2.39. The summed E-state index contributed by atoms with van der Waals surface area (Å²) in [6.45, 7) is 1.71. The van der Waals surface area contributed by atoms with Gasteiger partial charge < -0.3 is 4.74 Å². The van der Waals surface area contributed by atoms with Crippen LogP contribution in [0.1, 0.15) is 32.6 Å². The number of hydrogen-bond donors (Lipinski definition) is 0. The lowest BCUT2D eigenvalue weighted by Crippen LogP contribution is -2.10. The van der Waals surface area contributed by atoms with E-state index in [1.54, 1.807) is 0 Å². The molecule has 0 aliphatic rings. The summed E-state index contributed by atoms with van der Waals surface area (Å²) in [5.74, 6) is -2.81. The van der Waals surface area contributed by atoms with Crippen LogP contribution in [0.2, 0.25) is 0 Å². The van der Waals surface area contributed by atoms with Crippen LogP contribution in [-0.4, -0.2) is 12.8 Å². The fraction of sp³-hybridized carbons (Fsp3) is 0.778. The number of ether oxygens (including phenoxy) is 1. The van der Waals surface area contributed by atoms with E-state index in [1.807, 2.05) is 6.92 Å². The Balaban J connectivity index is 3.87. The Morgan fingerprint density at radius 2 is 1.67 bits per heavy atom. The molecule has 0 atom stereocenters. The van der Waals surface area contributed by atoms with Crippen LogP contribution in [0, 0.1) is 0 Å². The maximum atomic E-state index is 12.4. The minimum absolute atomic E-state index is 0.241. The predicted octanol–water partition coefficient (Wildman–Crippen LogP) is 4.25. The Kier molecular flexibility index (Phi) is 6.27. The van der Waals surface area contributed by atoms with Crippen molar-refractivity contribution in [1.82, 2.24) is 0 Å². The van der Waals surface area contributed by atoms with E-state index in [1.165, 1.54) is 0 Å². The Hall–Kier alpha value is -0.810. The number of halogens is 5. The fourth-order valence-electron chi connectivity index (χ4n) is 0.865. The molecule has 0 aliphatic heterocycles. The van der Waals surface area contributed by atoms with Crippen LogP contribution in [0.25, 0.3) is 0 Å². The normalized spacial score (nSPS) is 13.7. The van der Waals surface area contributed by atoms with E-state index in [2.05, 4.69) is 4.74 Å². The largest absolute Gasteiger partial charge is 0.469 e. The third-order valence-corrected chi connectivity index (χ3v) is 1.65. The van der Waals surface area contributed by atoms with Gasteiger partial charge in [0.15, 0.2) is 0 Å². The SMILES string of the molecule is CCCCCCOC(F)=C(F)C(F)(F)F. The maximum absolute atomic E-state index is 12.4. The topological polar surface area (TPSA) is 9.23 Å². The van der Waals surface area contributed by atoms with Gasteiger partial charge in [0, 0.05) is 0 Å². The van der Waals surface area contributed by atoms with Gasteiger partial charge in [-0.2, -0.15) is 22.0 Å². The van der Waals surface area contributed by atoms with Crippen molar-refractivity contribution in [3.05, 3.63) is 11.8 Å². The molecule has 0 heterocycles. The third kappa shape index (κ3) is 6.30. The summed E-state index contributed by atoms with van der Waals surface area (Å²) in [6.07, 6.45) is -2.36. The van der Waals surface area contributed by atoms with E-state index < -0.39 is 18.0 Å². The van der Waals surface area contributed by atoms with E-state index in [4.69, 9.17) is 0 Å². The number of allylic oxidation sites excluding steroid dienone is 1. The van der Waals surface area contributed by atoms with Crippen LogP contribution >= 0.6 is 0 Å². The van der Waals surface area contributed by atoms with Crippen LogP contribution in [-0.2, 0) is 4.74 Å². The zero-order valence-corrected chi connectivity index (χ0v) is 8.33. The van der Waals surface area contributed by atoms with Gasteiger partial charge in [0.1, 0.15) is 0 Å². The average molecular weight is 232 g/mol. The molecule has 0 amide bonds. The van der Waals surface area contributed by atoms with E-state index in [9.17, 15) is 22.0 Å². The molecule has 0 aromatic carbocycles. The second-order valence-corrected chi connectivity index (χ2v) is 2.99. The van der Waals surface area contributed by atoms with Gasteiger partial charge in [0.25, 0.3) is 5.83 Å². The molecule has 0 rings (SSSR count). The molecule has 0 aromatic heterocycles. The first kappa shape index (κ1) is 14.2. The fourth-order valence-corrected chi connectivity index (χ4v) is 0.865. The molecule has 0 radical (unpaired) electrons. The van der Waals surface area contributed by atoms with E-state index in [0.29, 0.717) is 6.42 Å². The highest BCUT2D eigenvalue weighted by Crippen LogP contribution is 2.30. The number of hydrogen-bond acceptors (Lipinski definition) is 1. The molecular weight excluding hydrogens is 219 g/mol. The van der Waals surface area contributed by atoms with Gasteiger partial charge in [-0.1, -0.05) is 26.2 Å². The van der Waals surface area contributed by atoms with Crippen molar-refractivity contribution >= 4 is 0 Å². The summed E-state index contributed by atoms with van der Waals surface area (Å²) in [4.78, 5) is 0. The standard InChI is InChI=1S/C9H13F5O/c1-2-3-4-5-6-15-8(11)7(10)9(12,13)14/h2-6H2,1H3. The van der Waals surface area contributed by atoms with E-state index >= 15 is 0 Å². The summed E-state index contributed by atoms with van der Waals surface area (Å²) in [5.41, 5.74) is 0. The Labute approximate surface area is 84.9 Å². The van der Waals surface area contributed by atoms with Crippen molar-refractivity contribution in [2.45, 2.75) is 38.8 Å². The highest BCUT2D eigenvalue weighted by molar-refractivity contribution is 4.99. The Morgan fingerprint density at radius 3 is 2.13 bits per heavy atom. The van der Waals surface area contributed by atoms with Crippen LogP contribution in [0.4, 0.5) is 22.0 Å². The second-order valence-electron chi connectivity index (χ2n) is 2.99. The highest BCUT2D eigenvalue weighted by atomic mass is 19.4. The molecule has 0 aliphatic carbocycles. The van der Waals surface area contributed by atoms with E-state index in [-0.39, 0.29) is 6.61 Å². The lowest BCUT2D eigenvalue weighted by molar-refractivity contribution is -0.116. The van der Waals surface area contributed by atoms with Gasteiger partial charge in [-0.25, -0.2) is 0 Å². The molecule has 90 valence electrons. The van der Waals surface area contributed by atoms with Gasteiger partial charge >= 0.3 is 12.2 Å². The summed E-state index contributed by atoms with van der Waals surface area (Å²) >= 11 is 0. The van der Waals surface area contributed by atoms with Crippen LogP contribution < -0.4 is 0 Å². The minimum Gasteiger partial charge on any atom is -0.469 e. The first-order chi connectivity index (χ1) is 6.89. The Bertz CT molecular complexity index is 209. The van der Waals surface area contributed by atoms with Crippen molar-refractivity contribution in [1.29, 1.82) is 0 Å². The van der Waals surface area contributed by atoms with Crippen molar-refractivity contribution < 1.29 is 26.7 Å². The van der Waals surface area contributed by atoms with Gasteiger partial charge in [-0.3, -0.25) is 0 Å². The van der Waals surface area contributed by atoms with Crippen molar-refractivity contribution in [2.24, 2.45) is 0 Å². The second kappa shape index (κ2) is 6.63. The summed E-state index contributed by atoms with van der Waals surface area (Å²) in [6, 6.07) is -2.18. The smallest absolute Gasteiger partial charge is 0.449 e. The first-order valence-electron chi connectivity index (χ1n) is 4.64. The molecule has 0 spiro atoms. The summed E-state index contributed by atoms with van der Waals surface area (Å²) in [7, 11) is 0. The van der Waals surface area contributed by atoms with Crippen LogP contribution in [0.3, 0.4) is 0 Å². The molecule has 15 heavy (non-hydrogen) atoms. The molecule has 0 aromatic rings. The molecular formula is C9H13F5O. The monoisotopic (exact) mass is 232 g/mol. The molecule has 0 unspecified atom stereocenters. The lowest BCUT2D eigenvalue weighted by atomic mass is 10.2. The minimum atomic E-state index is -5.31. The van der Waals surface area contributed by atoms with Crippen molar-refractivity contribution in [3.63, 3.8) is 0 Å². The van der Waals surface area contributed by atoms with Crippen molar-refractivity contribution in [3.8, 4) is 0 Å². The number of alkyl halides is 3. The third-order valence-electron chi connectivity index (χ3n) is 1.65. The molecule has 0 saturated carbocycles. The molecule has 0 N–H and O–H groups in total. The van der Waals surface area contributed by atoms with E-state index in [0.717, 1.165) is 19.3 Å². The Morgan fingerprint density at radius 1 is 1.07 bits per heavy atom.